The molecule has 2 aliphatic rings. The summed E-state index contributed by atoms with van der Waals surface area (Å²) in [5.74, 6) is -1.06. The van der Waals surface area contributed by atoms with E-state index >= 15 is 0 Å². The van der Waals surface area contributed by atoms with Crippen LogP contribution in [0.15, 0.2) is 97.1 Å². The summed E-state index contributed by atoms with van der Waals surface area (Å²) in [6.45, 7) is 5.85. The smallest absolute Gasteiger partial charge is 0.310 e. The van der Waals surface area contributed by atoms with Gasteiger partial charge in [-0.2, -0.15) is 0 Å². The number of methoxy groups -OCH3 is 2. The zero-order valence-electron chi connectivity index (χ0n) is 28.2. The topological polar surface area (TPSA) is 133 Å². The fourth-order valence-corrected chi connectivity index (χ4v) is 6.24. The molecular weight excluding hydrogens is 620 g/mol. The Hall–Kier alpha value is -5.41. The van der Waals surface area contributed by atoms with E-state index < -0.39 is 23.8 Å². The van der Waals surface area contributed by atoms with Gasteiger partial charge in [0.05, 0.1) is 20.1 Å². The van der Waals surface area contributed by atoms with E-state index in [-0.39, 0.29) is 0 Å². The first-order chi connectivity index (χ1) is 23.6. The number of nitrogens with two attached hydrogens (primary N) is 1. The number of ether oxygens (including phenoxy) is 2. The number of rotatable bonds is 6. The summed E-state index contributed by atoms with van der Waals surface area (Å²) < 4.78 is 10.3. The van der Waals surface area contributed by atoms with Gasteiger partial charge >= 0.3 is 5.97 Å². The second kappa shape index (κ2) is 15.7. The van der Waals surface area contributed by atoms with Gasteiger partial charge in [0.2, 0.25) is 0 Å². The molecular formula is C40H42N2O7. The molecule has 9 nitrogen and oxygen atoms in total. The third-order valence-corrected chi connectivity index (χ3v) is 9.31. The van der Waals surface area contributed by atoms with Crippen molar-refractivity contribution in [2.24, 2.45) is 0 Å². The predicted octanol–water partition coefficient (Wildman–Crippen LogP) is 4.43. The highest BCUT2D eigenvalue weighted by Crippen LogP contribution is 2.30. The summed E-state index contributed by atoms with van der Waals surface area (Å²) in [6, 6.07) is 31.5. The molecule has 254 valence electrons. The summed E-state index contributed by atoms with van der Waals surface area (Å²) in [5.41, 5.74) is 4.34. The third-order valence-electron chi connectivity index (χ3n) is 9.31. The minimum atomic E-state index is -1.06. The molecule has 9 heteroatoms. The molecule has 1 amide bonds. The molecule has 3 atom stereocenters. The maximum atomic E-state index is 11.7. The second-order valence-corrected chi connectivity index (χ2v) is 12.3. The van der Waals surface area contributed by atoms with Crippen LogP contribution in [0.5, 0.6) is 11.5 Å². The number of carboxylic acid groups (broad SMARTS) is 2. The summed E-state index contributed by atoms with van der Waals surface area (Å²) >= 11 is 0. The van der Waals surface area contributed by atoms with Gasteiger partial charge in [0.15, 0.2) is 6.54 Å². The minimum Gasteiger partial charge on any atom is -0.550 e. The number of quaternary nitrogens is 1. The fourth-order valence-electron chi connectivity index (χ4n) is 6.24. The molecule has 3 N–H and O–H groups in total. The SMILES string of the molecule is COc1ccc2cc([C@H](C)C(=O)O)ccc2c1.COc1ccc2cc([C@H](C)C(=O)[O-])ccc2c1.O=C1C[NH2+]C[C@H]2c3ccccc3CCN12. The number of amides is 1. The molecule has 2 heterocycles. The summed E-state index contributed by atoms with van der Waals surface area (Å²) in [5, 5.41) is 26.0. The number of hydrogen-bond acceptors (Lipinski definition) is 6. The molecule has 5 aromatic rings. The lowest BCUT2D eigenvalue weighted by Gasteiger charge is -2.38. The number of hydrogen-bond donors (Lipinski definition) is 2. The first kappa shape index (κ1) is 34.9. The average Bonchev–Trinajstić information content (AvgIpc) is 3.13. The van der Waals surface area contributed by atoms with Crippen LogP contribution in [-0.4, -0.2) is 61.7 Å². The quantitative estimate of drug-likeness (QED) is 0.275. The van der Waals surface area contributed by atoms with Crippen LogP contribution in [0.3, 0.4) is 0 Å². The Kier molecular flexibility index (Phi) is 11.2. The number of nitrogens with zero attached hydrogens (tertiary/aromatic N) is 1. The first-order valence-corrected chi connectivity index (χ1v) is 16.4. The molecule has 0 aliphatic carbocycles. The summed E-state index contributed by atoms with van der Waals surface area (Å²) in [4.78, 5) is 35.5. The Labute approximate surface area is 286 Å². The van der Waals surface area contributed by atoms with E-state index in [0.717, 1.165) is 63.7 Å². The second-order valence-electron chi connectivity index (χ2n) is 12.3. The van der Waals surface area contributed by atoms with Gasteiger partial charge in [0.25, 0.3) is 5.91 Å². The molecule has 0 bridgehead atoms. The van der Waals surface area contributed by atoms with Crippen LogP contribution >= 0.6 is 0 Å². The number of carbonyl (C=O) groups is 3. The Bertz CT molecular complexity index is 1870. The molecule has 1 fully saturated rings. The Morgan fingerprint density at radius 1 is 0.796 bits per heavy atom. The lowest BCUT2D eigenvalue weighted by atomic mass is 9.91. The normalized spacial score (nSPS) is 16.1. The van der Waals surface area contributed by atoms with Crippen molar-refractivity contribution in [2.75, 3.05) is 33.9 Å². The van der Waals surface area contributed by atoms with Gasteiger partial charge in [0, 0.05) is 18.4 Å². The molecule has 0 unspecified atom stereocenters. The van der Waals surface area contributed by atoms with Crippen LogP contribution in [-0.2, 0) is 20.8 Å². The van der Waals surface area contributed by atoms with Crippen molar-refractivity contribution in [3.05, 3.63) is 119 Å². The van der Waals surface area contributed by atoms with Gasteiger partial charge in [-0.05, 0) is 81.4 Å². The van der Waals surface area contributed by atoms with Crippen LogP contribution in [0, 0.1) is 0 Å². The molecule has 0 spiro atoms. The minimum absolute atomic E-state index is 0.292. The van der Waals surface area contributed by atoms with Crippen molar-refractivity contribution in [1.82, 2.24) is 4.90 Å². The van der Waals surface area contributed by atoms with E-state index in [1.165, 1.54) is 11.1 Å². The summed E-state index contributed by atoms with van der Waals surface area (Å²) in [6.07, 6.45) is 1.01. The highest BCUT2D eigenvalue weighted by molar-refractivity contribution is 5.87. The third kappa shape index (κ3) is 8.18. The van der Waals surface area contributed by atoms with E-state index in [1.807, 2.05) is 77.7 Å². The standard InChI is InChI=1S/2C14H14O3.C12H14N2O/c2*1-9(14(15)16)10-3-4-12-8-13(17-2)6-5-11(12)7-10;15-12-8-13-7-11-10-4-2-1-3-9(10)5-6-14(11)12/h2*3-9H,1-2H3,(H,15,16);1-4,11,13H,5-8H2/t2*9-;11-/m000/s1. The van der Waals surface area contributed by atoms with Crippen molar-refractivity contribution < 1.29 is 39.4 Å². The number of piperazine rings is 1. The molecule has 0 saturated carbocycles. The van der Waals surface area contributed by atoms with Crippen molar-refractivity contribution in [3.63, 3.8) is 0 Å². The van der Waals surface area contributed by atoms with Gasteiger partial charge in [-0.25, -0.2) is 0 Å². The van der Waals surface area contributed by atoms with Gasteiger partial charge < -0.3 is 34.7 Å². The van der Waals surface area contributed by atoms with Crippen molar-refractivity contribution in [1.29, 1.82) is 0 Å². The van der Waals surface area contributed by atoms with Crippen LogP contribution in [0.1, 0.15) is 54.0 Å². The zero-order chi connectivity index (χ0) is 35.1. The van der Waals surface area contributed by atoms with Gasteiger partial charge in [-0.15, -0.1) is 0 Å². The first-order valence-electron chi connectivity index (χ1n) is 16.4. The molecule has 0 aromatic heterocycles. The number of aliphatic carboxylic acids is 2. The largest absolute Gasteiger partial charge is 0.550 e. The number of fused-ring (bicyclic) bond motifs is 5. The van der Waals surface area contributed by atoms with E-state index in [4.69, 9.17) is 14.6 Å². The van der Waals surface area contributed by atoms with Crippen molar-refractivity contribution in [3.8, 4) is 11.5 Å². The number of benzene rings is 5. The Morgan fingerprint density at radius 3 is 1.88 bits per heavy atom. The highest BCUT2D eigenvalue weighted by Gasteiger charge is 2.35. The lowest BCUT2D eigenvalue weighted by Crippen LogP contribution is -2.91. The number of carbonyl (C=O) groups excluding carboxylic acids is 2. The highest BCUT2D eigenvalue weighted by atomic mass is 16.5. The molecule has 49 heavy (non-hydrogen) atoms. The maximum absolute atomic E-state index is 11.7. The van der Waals surface area contributed by atoms with E-state index in [9.17, 15) is 19.5 Å². The summed E-state index contributed by atoms with van der Waals surface area (Å²) in [7, 11) is 3.25. The maximum Gasteiger partial charge on any atom is 0.310 e. The van der Waals surface area contributed by atoms with Crippen molar-refractivity contribution in [2.45, 2.75) is 38.1 Å². The van der Waals surface area contributed by atoms with Gasteiger partial charge in [-0.3, -0.25) is 9.59 Å². The molecule has 0 radical (unpaired) electrons. The van der Waals surface area contributed by atoms with Crippen molar-refractivity contribution >= 4 is 39.4 Å². The molecule has 5 aromatic carbocycles. The molecule has 1 saturated heterocycles. The van der Waals surface area contributed by atoms with Crippen LogP contribution in [0.25, 0.3) is 21.5 Å². The molecule has 2 aliphatic heterocycles. The van der Waals surface area contributed by atoms with Gasteiger partial charge in [0.1, 0.15) is 24.1 Å². The van der Waals surface area contributed by atoms with E-state index in [2.05, 4.69) is 29.6 Å². The van der Waals surface area contributed by atoms with E-state index in [1.54, 1.807) is 28.1 Å². The Morgan fingerprint density at radius 2 is 1.33 bits per heavy atom. The van der Waals surface area contributed by atoms with Crippen LogP contribution in [0.2, 0.25) is 0 Å². The molecule has 7 rings (SSSR count). The lowest BCUT2D eigenvalue weighted by molar-refractivity contribution is -0.656. The fraction of sp³-hybridized carbons (Fsp3) is 0.275. The zero-order valence-corrected chi connectivity index (χ0v) is 28.2. The average molecular weight is 663 g/mol. The predicted molar refractivity (Wildman–Crippen MR) is 187 cm³/mol. The number of carboxylic acids is 2. The monoisotopic (exact) mass is 662 g/mol. The van der Waals surface area contributed by atoms with Crippen LogP contribution < -0.4 is 19.9 Å². The van der Waals surface area contributed by atoms with Gasteiger partial charge in [-0.1, -0.05) is 79.7 Å². The van der Waals surface area contributed by atoms with Crippen LogP contribution in [0.4, 0.5) is 0 Å². The Balaban J connectivity index is 0.000000144. The van der Waals surface area contributed by atoms with E-state index in [0.29, 0.717) is 18.5 Å².